The average Bonchev–Trinajstić information content (AvgIpc) is 3.05. The van der Waals surface area contributed by atoms with Crippen molar-refractivity contribution in [3.05, 3.63) is 68.9 Å². The van der Waals surface area contributed by atoms with Gasteiger partial charge in [0.25, 0.3) is 0 Å². The molecule has 0 aliphatic rings. The number of aryl methyl sites for hydroxylation is 2. The Bertz CT molecular complexity index is 909. The quantitative estimate of drug-likeness (QED) is 0.673. The van der Waals surface area contributed by atoms with Gasteiger partial charge in [-0.3, -0.25) is 9.78 Å². The van der Waals surface area contributed by atoms with Crippen molar-refractivity contribution in [2.45, 2.75) is 26.9 Å². The van der Waals surface area contributed by atoms with Crippen molar-refractivity contribution in [3.8, 4) is 5.75 Å². The van der Waals surface area contributed by atoms with Crippen molar-refractivity contribution in [1.29, 1.82) is 0 Å². The first-order chi connectivity index (χ1) is 12.5. The number of benzene rings is 1. The van der Waals surface area contributed by atoms with Crippen LogP contribution in [0.2, 0.25) is 5.02 Å². The van der Waals surface area contributed by atoms with Crippen LogP contribution in [0.3, 0.4) is 0 Å². The molecule has 1 amide bonds. The first kappa shape index (κ1) is 18.4. The fraction of sp³-hybridized carbons (Fsp3) is 0.211. The summed E-state index contributed by atoms with van der Waals surface area (Å²) < 4.78 is 5.66. The predicted molar refractivity (Wildman–Crippen MR) is 104 cm³/mol. The number of nitrogens with zero attached hydrogens (tertiary/aromatic N) is 2. The van der Waals surface area contributed by atoms with E-state index in [1.54, 1.807) is 18.3 Å². The number of hydrogen-bond acceptors (Lipinski definition) is 5. The van der Waals surface area contributed by atoms with E-state index in [1.807, 2.05) is 37.4 Å². The minimum Gasteiger partial charge on any atom is -0.485 e. The van der Waals surface area contributed by atoms with Crippen molar-refractivity contribution in [2.75, 3.05) is 5.32 Å². The van der Waals surface area contributed by atoms with Crippen molar-refractivity contribution < 1.29 is 9.53 Å². The van der Waals surface area contributed by atoms with Gasteiger partial charge in [0, 0.05) is 21.8 Å². The SMILES string of the molecule is Cc1ccc(OCc2nc(CC(=O)Nc3cc(Cl)ccc3C)cs2)cn1. The summed E-state index contributed by atoms with van der Waals surface area (Å²) >= 11 is 7.45. The van der Waals surface area contributed by atoms with E-state index in [-0.39, 0.29) is 12.3 Å². The summed E-state index contributed by atoms with van der Waals surface area (Å²) in [6.45, 7) is 4.20. The number of carbonyl (C=O) groups excluding carboxylic acids is 1. The Morgan fingerprint density at radius 2 is 2.12 bits per heavy atom. The van der Waals surface area contributed by atoms with Gasteiger partial charge in [-0.25, -0.2) is 4.98 Å². The Morgan fingerprint density at radius 1 is 1.27 bits per heavy atom. The van der Waals surface area contributed by atoms with Gasteiger partial charge in [0.1, 0.15) is 17.4 Å². The molecule has 0 radical (unpaired) electrons. The van der Waals surface area contributed by atoms with E-state index in [4.69, 9.17) is 16.3 Å². The lowest BCUT2D eigenvalue weighted by atomic mass is 10.2. The van der Waals surface area contributed by atoms with Crippen LogP contribution in [-0.4, -0.2) is 15.9 Å². The molecule has 0 aliphatic heterocycles. The van der Waals surface area contributed by atoms with E-state index in [1.165, 1.54) is 11.3 Å². The summed E-state index contributed by atoms with van der Waals surface area (Å²) in [7, 11) is 0. The second-order valence-electron chi connectivity index (χ2n) is 5.84. The highest BCUT2D eigenvalue weighted by Crippen LogP contribution is 2.21. The molecule has 0 aliphatic carbocycles. The number of carbonyl (C=O) groups is 1. The molecule has 3 rings (SSSR count). The van der Waals surface area contributed by atoms with Gasteiger partial charge in [-0.1, -0.05) is 17.7 Å². The molecule has 134 valence electrons. The van der Waals surface area contributed by atoms with Crippen LogP contribution in [0.1, 0.15) is 22.0 Å². The van der Waals surface area contributed by atoms with Gasteiger partial charge in [-0.2, -0.15) is 0 Å². The number of hydrogen-bond donors (Lipinski definition) is 1. The van der Waals surface area contributed by atoms with Crippen molar-refractivity contribution in [1.82, 2.24) is 9.97 Å². The first-order valence-corrected chi connectivity index (χ1v) is 9.30. The number of rotatable bonds is 6. The van der Waals surface area contributed by atoms with E-state index >= 15 is 0 Å². The van der Waals surface area contributed by atoms with Gasteiger partial charge in [-0.05, 0) is 43.7 Å². The molecule has 1 N–H and O–H groups in total. The molecule has 0 atom stereocenters. The number of pyridine rings is 1. The summed E-state index contributed by atoms with van der Waals surface area (Å²) in [5.41, 5.74) is 3.33. The third kappa shape index (κ3) is 5.03. The highest BCUT2D eigenvalue weighted by molar-refractivity contribution is 7.09. The molecule has 0 saturated carbocycles. The molecule has 2 aromatic heterocycles. The Kier molecular flexibility index (Phi) is 5.85. The summed E-state index contributed by atoms with van der Waals surface area (Å²) in [5, 5.41) is 6.15. The van der Waals surface area contributed by atoms with Crippen LogP contribution in [0.15, 0.2) is 41.9 Å². The Labute approximate surface area is 161 Å². The van der Waals surface area contributed by atoms with E-state index in [0.717, 1.165) is 16.3 Å². The van der Waals surface area contributed by atoms with Gasteiger partial charge in [0.05, 0.1) is 18.3 Å². The number of nitrogens with one attached hydrogen (secondary N) is 1. The summed E-state index contributed by atoms with van der Waals surface area (Å²) in [4.78, 5) is 20.9. The average molecular weight is 388 g/mol. The van der Waals surface area contributed by atoms with Crippen LogP contribution in [-0.2, 0) is 17.8 Å². The van der Waals surface area contributed by atoms with Crippen LogP contribution in [0, 0.1) is 13.8 Å². The lowest BCUT2D eigenvalue weighted by Gasteiger charge is -2.08. The third-order valence-electron chi connectivity index (χ3n) is 3.66. The van der Waals surface area contributed by atoms with E-state index in [2.05, 4.69) is 15.3 Å². The highest BCUT2D eigenvalue weighted by Gasteiger charge is 2.10. The van der Waals surface area contributed by atoms with Gasteiger partial charge >= 0.3 is 0 Å². The smallest absolute Gasteiger partial charge is 0.230 e. The molecule has 0 fully saturated rings. The molecule has 0 saturated heterocycles. The number of aromatic nitrogens is 2. The molecular weight excluding hydrogens is 370 g/mol. The molecule has 5 nitrogen and oxygen atoms in total. The molecule has 26 heavy (non-hydrogen) atoms. The third-order valence-corrected chi connectivity index (χ3v) is 4.77. The predicted octanol–water partition coefficient (Wildman–Crippen LogP) is 4.57. The van der Waals surface area contributed by atoms with Gasteiger partial charge < -0.3 is 10.1 Å². The molecule has 0 spiro atoms. The topological polar surface area (TPSA) is 64.1 Å². The Morgan fingerprint density at radius 3 is 2.88 bits per heavy atom. The van der Waals surface area contributed by atoms with Gasteiger partial charge in [-0.15, -0.1) is 11.3 Å². The number of anilines is 1. The number of amides is 1. The van der Waals surface area contributed by atoms with Gasteiger partial charge in [0.15, 0.2) is 0 Å². The maximum atomic E-state index is 12.2. The summed E-state index contributed by atoms with van der Waals surface area (Å²) in [6.07, 6.45) is 1.89. The van der Waals surface area contributed by atoms with Crippen LogP contribution in [0.5, 0.6) is 5.75 Å². The molecule has 7 heteroatoms. The standard InChI is InChI=1S/C19H18ClN3O2S/c1-12-3-5-14(20)7-17(12)23-18(24)8-15-11-26-19(22-15)10-25-16-6-4-13(2)21-9-16/h3-7,9,11H,8,10H2,1-2H3,(H,23,24). The Balaban J connectivity index is 1.55. The normalized spacial score (nSPS) is 10.6. The highest BCUT2D eigenvalue weighted by atomic mass is 35.5. The number of halogens is 1. The second-order valence-corrected chi connectivity index (χ2v) is 7.22. The molecule has 3 aromatic rings. The van der Waals surface area contributed by atoms with Crippen LogP contribution in [0.25, 0.3) is 0 Å². The van der Waals surface area contributed by atoms with Crippen LogP contribution >= 0.6 is 22.9 Å². The van der Waals surface area contributed by atoms with Gasteiger partial charge in [0.2, 0.25) is 5.91 Å². The lowest BCUT2D eigenvalue weighted by Crippen LogP contribution is -2.15. The molecular formula is C19H18ClN3O2S. The monoisotopic (exact) mass is 387 g/mol. The zero-order valence-corrected chi connectivity index (χ0v) is 16.0. The van der Waals surface area contributed by atoms with Crippen molar-refractivity contribution in [2.24, 2.45) is 0 Å². The number of thiazole rings is 1. The lowest BCUT2D eigenvalue weighted by molar-refractivity contribution is -0.115. The molecule has 1 aromatic carbocycles. The molecule has 0 unspecified atom stereocenters. The maximum Gasteiger partial charge on any atom is 0.230 e. The minimum atomic E-state index is -0.129. The second kappa shape index (κ2) is 8.29. The minimum absolute atomic E-state index is 0.129. The first-order valence-electron chi connectivity index (χ1n) is 8.04. The van der Waals surface area contributed by atoms with Crippen LogP contribution < -0.4 is 10.1 Å². The maximum absolute atomic E-state index is 12.2. The largest absolute Gasteiger partial charge is 0.485 e. The van der Waals surface area contributed by atoms with E-state index in [9.17, 15) is 4.79 Å². The fourth-order valence-corrected chi connectivity index (χ4v) is 3.15. The number of ether oxygens (including phenoxy) is 1. The van der Waals surface area contributed by atoms with Crippen LogP contribution in [0.4, 0.5) is 5.69 Å². The fourth-order valence-electron chi connectivity index (χ4n) is 2.27. The van der Waals surface area contributed by atoms with Crippen molar-refractivity contribution in [3.63, 3.8) is 0 Å². The van der Waals surface area contributed by atoms with E-state index in [0.29, 0.717) is 28.8 Å². The molecule has 2 heterocycles. The zero-order valence-electron chi connectivity index (χ0n) is 14.5. The summed E-state index contributed by atoms with van der Waals surface area (Å²) in [6, 6.07) is 9.17. The Hall–Kier alpha value is -2.44. The van der Waals surface area contributed by atoms with Crippen molar-refractivity contribution >= 4 is 34.5 Å². The summed E-state index contributed by atoms with van der Waals surface area (Å²) in [5.74, 6) is 0.567. The molecule has 0 bridgehead atoms. The zero-order chi connectivity index (χ0) is 18.5. The van der Waals surface area contributed by atoms with E-state index < -0.39 is 0 Å².